The number of carboxylic acids is 1. The Balaban J connectivity index is 2.65. The summed E-state index contributed by atoms with van der Waals surface area (Å²) in [6.45, 7) is 1.49. The average Bonchev–Trinajstić information content (AvgIpc) is 2.18. The summed E-state index contributed by atoms with van der Waals surface area (Å²) in [6, 6.07) is 4.17. The number of carboxylic acid groups (broad SMARTS) is 1. The van der Waals surface area contributed by atoms with Crippen LogP contribution in [0.1, 0.15) is 12.5 Å². The van der Waals surface area contributed by atoms with Gasteiger partial charge in [0.2, 0.25) is 0 Å². The van der Waals surface area contributed by atoms with Crippen molar-refractivity contribution in [1.29, 1.82) is 0 Å². The number of aliphatic carboxylic acids is 1. The van der Waals surface area contributed by atoms with E-state index >= 15 is 0 Å². The Labute approximate surface area is 95.0 Å². The molecule has 0 amide bonds. The average molecular weight is 277 g/mol. The van der Waals surface area contributed by atoms with E-state index in [1.165, 1.54) is 19.1 Å². The van der Waals surface area contributed by atoms with Gasteiger partial charge in [0.1, 0.15) is 5.82 Å². The third-order valence-electron chi connectivity index (χ3n) is 1.84. The minimum Gasteiger partial charge on any atom is -0.479 e. The second-order valence-corrected chi connectivity index (χ2v) is 3.88. The first-order valence-corrected chi connectivity index (χ1v) is 5.08. The minimum absolute atomic E-state index is 0.0613. The monoisotopic (exact) mass is 276 g/mol. The maximum atomic E-state index is 12.8. The molecule has 82 valence electrons. The molecule has 1 aromatic rings. The van der Waals surface area contributed by atoms with Crippen molar-refractivity contribution in [3.05, 3.63) is 34.1 Å². The van der Waals surface area contributed by atoms with Gasteiger partial charge in [-0.1, -0.05) is 15.9 Å². The van der Waals surface area contributed by atoms with Crippen molar-refractivity contribution in [3.8, 4) is 0 Å². The molecule has 1 N–H and O–H groups in total. The van der Waals surface area contributed by atoms with Gasteiger partial charge >= 0.3 is 5.97 Å². The number of hydrogen-bond acceptors (Lipinski definition) is 2. The van der Waals surface area contributed by atoms with Gasteiger partial charge in [0.05, 0.1) is 6.61 Å². The fourth-order valence-corrected chi connectivity index (χ4v) is 1.30. The Morgan fingerprint density at radius 1 is 1.67 bits per heavy atom. The molecule has 0 saturated heterocycles. The molecular weight excluding hydrogens is 267 g/mol. The van der Waals surface area contributed by atoms with Crippen LogP contribution in [-0.2, 0) is 16.1 Å². The lowest BCUT2D eigenvalue weighted by atomic mass is 10.2. The highest BCUT2D eigenvalue weighted by atomic mass is 79.9. The zero-order valence-corrected chi connectivity index (χ0v) is 9.62. The quantitative estimate of drug-likeness (QED) is 0.920. The smallest absolute Gasteiger partial charge is 0.332 e. The van der Waals surface area contributed by atoms with E-state index in [0.29, 0.717) is 10.0 Å². The fourth-order valence-electron chi connectivity index (χ4n) is 0.940. The summed E-state index contributed by atoms with van der Waals surface area (Å²) in [4.78, 5) is 10.5. The van der Waals surface area contributed by atoms with Crippen LogP contribution in [0.15, 0.2) is 22.7 Å². The van der Waals surface area contributed by atoms with Crippen molar-refractivity contribution in [2.24, 2.45) is 0 Å². The molecule has 1 aromatic carbocycles. The van der Waals surface area contributed by atoms with Gasteiger partial charge in [-0.3, -0.25) is 0 Å². The summed E-state index contributed by atoms with van der Waals surface area (Å²) in [5.41, 5.74) is 0.586. The number of ether oxygens (including phenoxy) is 1. The molecule has 0 heterocycles. The maximum absolute atomic E-state index is 12.8. The van der Waals surface area contributed by atoms with Crippen LogP contribution in [0.25, 0.3) is 0 Å². The number of hydrogen-bond donors (Lipinski definition) is 1. The SMILES string of the molecule is CC(OCc1cc(F)ccc1Br)C(=O)O. The van der Waals surface area contributed by atoms with Gasteiger partial charge in [-0.15, -0.1) is 0 Å². The predicted octanol–water partition coefficient (Wildman–Crippen LogP) is 2.58. The zero-order valence-electron chi connectivity index (χ0n) is 8.04. The highest BCUT2D eigenvalue weighted by molar-refractivity contribution is 9.10. The Morgan fingerprint density at radius 3 is 2.93 bits per heavy atom. The van der Waals surface area contributed by atoms with Crippen LogP contribution in [0.2, 0.25) is 0 Å². The molecule has 0 aliphatic heterocycles. The van der Waals surface area contributed by atoms with Crippen LogP contribution in [0, 0.1) is 5.82 Å². The molecule has 0 aliphatic carbocycles. The van der Waals surface area contributed by atoms with Gasteiger partial charge < -0.3 is 9.84 Å². The van der Waals surface area contributed by atoms with E-state index in [4.69, 9.17) is 9.84 Å². The molecule has 0 saturated carbocycles. The minimum atomic E-state index is -1.04. The Kier molecular flexibility index (Phi) is 4.23. The molecular formula is C10H10BrFO3. The van der Waals surface area contributed by atoms with Crippen LogP contribution in [0.5, 0.6) is 0 Å². The third-order valence-corrected chi connectivity index (χ3v) is 2.62. The molecule has 0 radical (unpaired) electrons. The number of halogens is 2. The van der Waals surface area contributed by atoms with Crippen LogP contribution in [0.4, 0.5) is 4.39 Å². The van der Waals surface area contributed by atoms with Crippen molar-refractivity contribution >= 4 is 21.9 Å². The van der Waals surface area contributed by atoms with E-state index in [2.05, 4.69) is 15.9 Å². The van der Waals surface area contributed by atoms with Crippen molar-refractivity contribution in [2.75, 3.05) is 0 Å². The lowest BCUT2D eigenvalue weighted by Gasteiger charge is -2.09. The van der Waals surface area contributed by atoms with E-state index in [-0.39, 0.29) is 12.4 Å². The molecule has 0 bridgehead atoms. The van der Waals surface area contributed by atoms with Crippen LogP contribution in [-0.4, -0.2) is 17.2 Å². The molecule has 15 heavy (non-hydrogen) atoms. The summed E-state index contributed by atoms with van der Waals surface area (Å²) in [6.07, 6.45) is -0.903. The van der Waals surface area contributed by atoms with Crippen molar-refractivity contribution in [1.82, 2.24) is 0 Å². The molecule has 0 aromatic heterocycles. The Bertz CT molecular complexity index is 368. The summed E-state index contributed by atoms with van der Waals surface area (Å²) >= 11 is 3.22. The Morgan fingerprint density at radius 2 is 2.33 bits per heavy atom. The molecule has 0 fully saturated rings. The molecule has 1 atom stereocenters. The zero-order chi connectivity index (χ0) is 11.4. The van der Waals surface area contributed by atoms with Crippen LogP contribution < -0.4 is 0 Å². The van der Waals surface area contributed by atoms with Gasteiger partial charge in [-0.2, -0.15) is 0 Å². The second-order valence-electron chi connectivity index (χ2n) is 3.03. The summed E-state index contributed by atoms with van der Waals surface area (Å²) < 4.78 is 18.6. The maximum Gasteiger partial charge on any atom is 0.332 e. The molecule has 0 spiro atoms. The topological polar surface area (TPSA) is 46.5 Å². The van der Waals surface area contributed by atoms with Gasteiger partial charge in [0.25, 0.3) is 0 Å². The summed E-state index contributed by atoms with van der Waals surface area (Å²) in [5.74, 6) is -1.41. The lowest BCUT2D eigenvalue weighted by Crippen LogP contribution is -2.19. The fraction of sp³-hybridized carbons (Fsp3) is 0.300. The molecule has 1 unspecified atom stereocenters. The summed E-state index contributed by atoms with van der Waals surface area (Å²) in [5, 5.41) is 8.57. The largest absolute Gasteiger partial charge is 0.479 e. The molecule has 5 heteroatoms. The van der Waals surface area contributed by atoms with Crippen LogP contribution in [0.3, 0.4) is 0 Å². The van der Waals surface area contributed by atoms with Crippen molar-refractivity contribution in [3.63, 3.8) is 0 Å². The van der Waals surface area contributed by atoms with Crippen molar-refractivity contribution < 1.29 is 19.0 Å². The Hall–Kier alpha value is -0.940. The first-order valence-electron chi connectivity index (χ1n) is 4.29. The van der Waals surface area contributed by atoms with E-state index in [1.54, 1.807) is 6.07 Å². The highest BCUT2D eigenvalue weighted by Crippen LogP contribution is 2.19. The first kappa shape index (κ1) is 12.1. The van der Waals surface area contributed by atoms with Gasteiger partial charge in [-0.25, -0.2) is 9.18 Å². The van der Waals surface area contributed by atoms with E-state index < -0.39 is 12.1 Å². The normalized spacial score (nSPS) is 12.5. The number of benzene rings is 1. The van der Waals surface area contributed by atoms with Gasteiger partial charge in [0, 0.05) is 4.47 Å². The first-order chi connectivity index (χ1) is 7.00. The lowest BCUT2D eigenvalue weighted by molar-refractivity contribution is -0.149. The second kappa shape index (κ2) is 5.23. The molecule has 0 aliphatic rings. The van der Waals surface area contributed by atoms with Gasteiger partial charge in [0.15, 0.2) is 6.10 Å². The van der Waals surface area contributed by atoms with Crippen molar-refractivity contribution in [2.45, 2.75) is 19.6 Å². The highest BCUT2D eigenvalue weighted by Gasteiger charge is 2.12. The number of carbonyl (C=O) groups is 1. The number of rotatable bonds is 4. The summed E-state index contributed by atoms with van der Waals surface area (Å²) in [7, 11) is 0. The standard InChI is InChI=1S/C10H10BrFO3/c1-6(10(13)14)15-5-7-4-8(12)2-3-9(7)11/h2-4,6H,5H2,1H3,(H,13,14). The predicted molar refractivity (Wildman–Crippen MR) is 56.0 cm³/mol. The van der Waals surface area contributed by atoms with E-state index in [9.17, 15) is 9.18 Å². The molecule has 3 nitrogen and oxygen atoms in total. The van der Waals surface area contributed by atoms with E-state index in [0.717, 1.165) is 0 Å². The molecule has 1 rings (SSSR count). The van der Waals surface area contributed by atoms with Crippen LogP contribution >= 0.6 is 15.9 Å². The third kappa shape index (κ3) is 3.60. The van der Waals surface area contributed by atoms with E-state index in [1.807, 2.05) is 0 Å². The van der Waals surface area contributed by atoms with Gasteiger partial charge in [-0.05, 0) is 30.7 Å².